The van der Waals surface area contributed by atoms with Crippen LogP contribution in [0.4, 0.5) is 0 Å². The number of rotatable bonds is 11. The first-order valence-electron chi connectivity index (χ1n) is 27.5. The summed E-state index contributed by atoms with van der Waals surface area (Å²) in [7, 11) is 0. The van der Waals surface area contributed by atoms with Gasteiger partial charge >= 0.3 is 0 Å². The molecule has 0 radical (unpaired) electrons. The van der Waals surface area contributed by atoms with Crippen molar-refractivity contribution in [1.29, 1.82) is 0 Å². The van der Waals surface area contributed by atoms with Crippen LogP contribution in [0.3, 0.4) is 0 Å². The highest BCUT2D eigenvalue weighted by atomic mass is 14.4. The van der Waals surface area contributed by atoms with E-state index in [0.29, 0.717) is 0 Å². The van der Waals surface area contributed by atoms with E-state index in [9.17, 15) is 0 Å². The highest BCUT2D eigenvalue weighted by molar-refractivity contribution is 5.26. The monoisotopic (exact) mass is 831 g/mol. The Morgan fingerprint density at radius 3 is 1.07 bits per heavy atom. The molecule has 0 amide bonds. The van der Waals surface area contributed by atoms with E-state index >= 15 is 0 Å². The molecular formula is C60H110. The van der Waals surface area contributed by atoms with Crippen LogP contribution in [0.5, 0.6) is 0 Å². The van der Waals surface area contributed by atoms with E-state index in [1.165, 1.54) is 178 Å². The van der Waals surface area contributed by atoms with Gasteiger partial charge in [0.15, 0.2) is 0 Å². The van der Waals surface area contributed by atoms with Gasteiger partial charge in [0, 0.05) is 8.56 Å². The minimum absolute atomic E-state index is 0. The molecule has 8 rings (SSSR count). The Kier molecular flexibility index (Phi) is 20.5. The topological polar surface area (TPSA) is 0 Å². The maximum absolute atomic E-state index is 2.43. The molecule has 6 aliphatic carbocycles. The fraction of sp³-hybridized carbons (Fsp3) is 0.800. The third-order valence-electron chi connectivity index (χ3n) is 18.7. The summed E-state index contributed by atoms with van der Waals surface area (Å²) in [6, 6.07) is 18.9. The van der Waals surface area contributed by atoms with Crippen molar-refractivity contribution in [3.05, 3.63) is 70.8 Å². The summed E-state index contributed by atoms with van der Waals surface area (Å²) in [6.45, 7) is 14.0. The van der Waals surface area contributed by atoms with Crippen molar-refractivity contribution in [2.75, 3.05) is 0 Å². The molecular weight excluding hydrogens is 721 g/mol. The normalized spacial score (nSPS) is 35.0. The molecule has 0 bridgehead atoms. The molecule has 350 valence electrons. The average Bonchev–Trinajstić information content (AvgIpc) is 3.31. The van der Waals surface area contributed by atoms with Crippen LogP contribution in [0.2, 0.25) is 0 Å². The van der Waals surface area contributed by atoms with Crippen LogP contribution < -0.4 is 0 Å². The molecule has 0 heterocycles. The van der Waals surface area contributed by atoms with Gasteiger partial charge in [0.05, 0.1) is 0 Å². The second-order valence-electron chi connectivity index (χ2n) is 22.6. The Morgan fingerprint density at radius 2 is 0.717 bits per heavy atom. The van der Waals surface area contributed by atoms with Crippen LogP contribution in [0, 0.1) is 66.1 Å². The van der Waals surface area contributed by atoms with Crippen LogP contribution in [-0.2, 0) is 6.42 Å². The van der Waals surface area contributed by atoms with Gasteiger partial charge < -0.3 is 0 Å². The molecule has 0 aromatic heterocycles. The summed E-state index contributed by atoms with van der Waals surface area (Å²) in [5.74, 6) is 12.3. The smallest absolute Gasteiger partial charge is 0 e. The lowest BCUT2D eigenvalue weighted by atomic mass is 9.68. The summed E-state index contributed by atoms with van der Waals surface area (Å²) in [5, 5.41) is 0. The molecule has 0 aliphatic heterocycles. The fourth-order valence-electron chi connectivity index (χ4n) is 14.2. The van der Waals surface area contributed by atoms with Crippen LogP contribution in [0.15, 0.2) is 48.5 Å². The largest absolute Gasteiger partial charge is 0.0654 e. The van der Waals surface area contributed by atoms with Crippen molar-refractivity contribution >= 4 is 0 Å². The molecule has 0 unspecified atom stereocenters. The van der Waals surface area contributed by atoms with E-state index in [4.69, 9.17) is 0 Å². The molecule has 6 aliphatic rings. The van der Waals surface area contributed by atoms with Crippen molar-refractivity contribution < 1.29 is 8.56 Å². The van der Waals surface area contributed by atoms with Gasteiger partial charge in [-0.15, -0.1) is 0 Å². The van der Waals surface area contributed by atoms with Crippen molar-refractivity contribution in [2.45, 2.75) is 246 Å². The SMILES string of the molecule is CCC1CCC(C2CCC(C)CC2)CC1.CCCC1CCC(C2CCC(c3ccc(C)cc3)CC2)CC1.CCCc1ccc(C2CCC(C3CCC(CC)CC3)CC2)cc1.[HH].[HH].[HH].[HH].[HH].[HH]. The molecule has 6 fully saturated rings. The van der Waals surface area contributed by atoms with E-state index < -0.39 is 0 Å². The predicted molar refractivity (Wildman–Crippen MR) is 277 cm³/mol. The van der Waals surface area contributed by atoms with Gasteiger partial charge in [-0.1, -0.05) is 172 Å². The zero-order valence-corrected chi connectivity index (χ0v) is 40.8. The summed E-state index contributed by atoms with van der Waals surface area (Å²) in [6.07, 6.45) is 44.4. The van der Waals surface area contributed by atoms with E-state index in [2.05, 4.69) is 90.1 Å². The van der Waals surface area contributed by atoms with Gasteiger partial charge in [-0.3, -0.25) is 0 Å². The van der Waals surface area contributed by atoms with Crippen molar-refractivity contribution in [1.82, 2.24) is 0 Å². The second kappa shape index (κ2) is 25.7. The maximum atomic E-state index is 2.43. The zero-order chi connectivity index (χ0) is 42.1. The van der Waals surface area contributed by atoms with E-state index in [0.717, 1.165) is 71.0 Å². The average molecular weight is 832 g/mol. The summed E-state index contributed by atoms with van der Waals surface area (Å²) < 4.78 is 0. The van der Waals surface area contributed by atoms with Crippen molar-refractivity contribution in [2.24, 2.45) is 59.2 Å². The van der Waals surface area contributed by atoms with Gasteiger partial charge in [-0.2, -0.15) is 0 Å². The third-order valence-corrected chi connectivity index (χ3v) is 18.7. The Bertz CT molecular complexity index is 1400. The zero-order valence-electron chi connectivity index (χ0n) is 40.8. The van der Waals surface area contributed by atoms with E-state index in [1.54, 1.807) is 36.8 Å². The van der Waals surface area contributed by atoms with Crippen LogP contribution in [-0.4, -0.2) is 0 Å². The molecule has 0 spiro atoms. The molecule has 0 nitrogen and oxygen atoms in total. The van der Waals surface area contributed by atoms with Gasteiger partial charge in [-0.05, 0) is 204 Å². The molecule has 6 saturated carbocycles. The fourth-order valence-corrected chi connectivity index (χ4v) is 14.2. The minimum Gasteiger partial charge on any atom is -0.0654 e. The summed E-state index contributed by atoms with van der Waals surface area (Å²) >= 11 is 0. The molecule has 0 N–H and O–H groups in total. The number of benzene rings is 2. The minimum atomic E-state index is 0. The number of hydrogen-bond donors (Lipinski definition) is 0. The Balaban J connectivity index is 0.000000936. The highest BCUT2D eigenvalue weighted by Crippen LogP contribution is 2.46. The first-order chi connectivity index (χ1) is 29.3. The van der Waals surface area contributed by atoms with Crippen LogP contribution in [0.1, 0.15) is 263 Å². The Hall–Kier alpha value is -1.56. The number of aryl methyl sites for hydroxylation is 2. The lowest BCUT2D eigenvalue weighted by Gasteiger charge is -2.38. The van der Waals surface area contributed by atoms with Gasteiger partial charge in [-0.25, -0.2) is 0 Å². The third kappa shape index (κ3) is 14.8. The van der Waals surface area contributed by atoms with Crippen molar-refractivity contribution in [3.63, 3.8) is 0 Å². The standard InChI is InChI=1S/C23H36.C22H34.C15H28.6H2/c1-3-5-19-8-12-21(13-9-19)23-16-14-22(15-17-23)20-10-6-18(4-2)7-11-20;1-3-4-18-7-11-20(12-8-18)22-15-13-21(14-16-22)19-9-5-17(2)6-10-19;1-3-13-6-10-15(11-7-13)14-8-4-12(2)5-9-14;;;;;;/h8-9,12-13,18,20,22-23H,3-7,10-11,14-17H2,1-2H3;5-6,9-10,18,20-22H,3-4,7-8,11-16H2,1-2H3;12-15H,3-11H2,1-2H3;6*1H. The lowest BCUT2D eigenvalue weighted by molar-refractivity contribution is 0.149. The lowest BCUT2D eigenvalue weighted by Crippen LogP contribution is -2.25. The molecule has 2 aromatic carbocycles. The van der Waals surface area contributed by atoms with Gasteiger partial charge in [0.2, 0.25) is 0 Å². The molecule has 0 saturated heterocycles. The second-order valence-corrected chi connectivity index (χ2v) is 22.6. The van der Waals surface area contributed by atoms with Crippen LogP contribution >= 0.6 is 0 Å². The van der Waals surface area contributed by atoms with E-state index in [1.807, 2.05) is 0 Å². The molecule has 0 atom stereocenters. The predicted octanol–water partition coefficient (Wildman–Crippen LogP) is 20.5. The summed E-state index contributed by atoms with van der Waals surface area (Å²) in [5.41, 5.74) is 6.10. The first-order valence-corrected chi connectivity index (χ1v) is 27.5. The van der Waals surface area contributed by atoms with Gasteiger partial charge in [0.25, 0.3) is 0 Å². The Morgan fingerprint density at radius 1 is 0.383 bits per heavy atom. The molecule has 60 heavy (non-hydrogen) atoms. The van der Waals surface area contributed by atoms with Gasteiger partial charge in [0.1, 0.15) is 0 Å². The van der Waals surface area contributed by atoms with E-state index in [-0.39, 0.29) is 8.56 Å². The quantitative estimate of drug-likeness (QED) is 0.212. The number of hydrogen-bond acceptors (Lipinski definition) is 0. The van der Waals surface area contributed by atoms with Crippen molar-refractivity contribution in [3.8, 4) is 0 Å². The summed E-state index contributed by atoms with van der Waals surface area (Å²) in [4.78, 5) is 0. The first kappa shape index (κ1) is 47.9. The van der Waals surface area contributed by atoms with Crippen LogP contribution in [0.25, 0.3) is 0 Å². The maximum Gasteiger partial charge on any atom is 0 e. The Labute approximate surface area is 383 Å². The molecule has 0 heteroatoms. The highest BCUT2D eigenvalue weighted by Gasteiger charge is 2.33. The molecule has 2 aromatic rings.